The van der Waals surface area contributed by atoms with Gasteiger partial charge in [0.05, 0.1) is 6.04 Å². The Kier molecular flexibility index (Phi) is 10.8. The van der Waals surface area contributed by atoms with E-state index >= 15 is 0 Å². The Labute approximate surface area is 184 Å². The molecule has 1 aromatic carbocycles. The zero-order valence-electron chi connectivity index (χ0n) is 16.8. The summed E-state index contributed by atoms with van der Waals surface area (Å²) in [6.07, 6.45) is 3.23. The van der Waals surface area contributed by atoms with Crippen LogP contribution in [-0.4, -0.2) is 39.3 Å². The molecule has 0 bridgehead atoms. The normalized spacial score (nSPS) is 12.4. The van der Waals surface area contributed by atoms with Gasteiger partial charge in [-0.25, -0.2) is 4.99 Å². The first-order valence-electron chi connectivity index (χ1n) is 8.97. The van der Waals surface area contributed by atoms with Crippen LogP contribution < -0.4 is 10.6 Å². The van der Waals surface area contributed by atoms with Gasteiger partial charge in [-0.05, 0) is 50.3 Å². The SMILES string of the molecule is CSCCCNC(=NCc1nnc(C)n1C)NC(C)c1ccccc1C.I. The summed E-state index contributed by atoms with van der Waals surface area (Å²) in [5.41, 5.74) is 2.55. The molecule has 0 fully saturated rings. The Morgan fingerprint density at radius 1 is 1.26 bits per heavy atom. The topological polar surface area (TPSA) is 67.1 Å². The molecule has 0 saturated carbocycles. The van der Waals surface area contributed by atoms with Crippen LogP contribution in [0.2, 0.25) is 0 Å². The molecule has 0 aliphatic carbocycles. The van der Waals surface area contributed by atoms with Crippen LogP contribution in [0.5, 0.6) is 0 Å². The highest BCUT2D eigenvalue weighted by Gasteiger charge is 2.11. The Bertz CT molecular complexity index is 731. The lowest BCUT2D eigenvalue weighted by Gasteiger charge is -2.20. The van der Waals surface area contributed by atoms with Crippen molar-refractivity contribution < 1.29 is 0 Å². The van der Waals surface area contributed by atoms with Crippen molar-refractivity contribution in [2.75, 3.05) is 18.6 Å². The van der Waals surface area contributed by atoms with Gasteiger partial charge < -0.3 is 15.2 Å². The lowest BCUT2D eigenvalue weighted by atomic mass is 10.0. The molecular formula is C19H31IN6S. The lowest BCUT2D eigenvalue weighted by Crippen LogP contribution is -2.39. The second kappa shape index (κ2) is 12.2. The van der Waals surface area contributed by atoms with E-state index in [2.05, 4.69) is 65.2 Å². The first-order valence-corrected chi connectivity index (χ1v) is 10.4. The molecule has 0 spiro atoms. The minimum atomic E-state index is 0. The van der Waals surface area contributed by atoms with Crippen molar-refractivity contribution in [2.24, 2.45) is 12.0 Å². The minimum absolute atomic E-state index is 0. The van der Waals surface area contributed by atoms with Crippen molar-refractivity contribution in [3.8, 4) is 0 Å². The molecule has 27 heavy (non-hydrogen) atoms. The fourth-order valence-electron chi connectivity index (χ4n) is 2.67. The molecule has 0 amide bonds. The molecule has 1 atom stereocenters. The average molecular weight is 502 g/mol. The maximum absolute atomic E-state index is 4.73. The molecule has 0 radical (unpaired) electrons. The average Bonchev–Trinajstić information content (AvgIpc) is 2.95. The molecule has 1 unspecified atom stereocenters. The zero-order valence-corrected chi connectivity index (χ0v) is 20.0. The van der Waals surface area contributed by atoms with E-state index in [0.717, 1.165) is 36.3 Å². The van der Waals surface area contributed by atoms with Gasteiger partial charge in [0.15, 0.2) is 11.8 Å². The van der Waals surface area contributed by atoms with Crippen molar-refractivity contribution in [1.82, 2.24) is 25.4 Å². The van der Waals surface area contributed by atoms with Gasteiger partial charge in [0.2, 0.25) is 0 Å². The summed E-state index contributed by atoms with van der Waals surface area (Å²) in [6.45, 7) is 7.63. The molecule has 0 aliphatic heterocycles. The van der Waals surface area contributed by atoms with Crippen molar-refractivity contribution in [2.45, 2.75) is 39.8 Å². The second-order valence-corrected chi connectivity index (χ2v) is 7.37. The molecule has 1 heterocycles. The highest BCUT2D eigenvalue weighted by atomic mass is 127. The van der Waals surface area contributed by atoms with Crippen LogP contribution >= 0.6 is 35.7 Å². The number of thioether (sulfide) groups is 1. The summed E-state index contributed by atoms with van der Waals surface area (Å²) in [7, 11) is 1.97. The highest BCUT2D eigenvalue weighted by Crippen LogP contribution is 2.16. The molecule has 150 valence electrons. The first-order chi connectivity index (χ1) is 12.5. The third-order valence-corrected chi connectivity index (χ3v) is 5.08. The van der Waals surface area contributed by atoms with Gasteiger partial charge in [-0.15, -0.1) is 34.2 Å². The third-order valence-electron chi connectivity index (χ3n) is 4.39. The van der Waals surface area contributed by atoms with Gasteiger partial charge >= 0.3 is 0 Å². The number of aromatic nitrogens is 3. The van der Waals surface area contributed by atoms with E-state index in [-0.39, 0.29) is 30.0 Å². The van der Waals surface area contributed by atoms with E-state index in [1.807, 2.05) is 30.3 Å². The van der Waals surface area contributed by atoms with Crippen LogP contribution in [0.3, 0.4) is 0 Å². The van der Waals surface area contributed by atoms with Gasteiger partial charge in [-0.3, -0.25) is 0 Å². The predicted octanol–water partition coefficient (Wildman–Crippen LogP) is 3.60. The monoisotopic (exact) mass is 502 g/mol. The number of aliphatic imine (C=N–C) groups is 1. The van der Waals surface area contributed by atoms with Crippen LogP contribution in [0.25, 0.3) is 0 Å². The third kappa shape index (κ3) is 7.33. The number of rotatable bonds is 8. The number of nitrogens with one attached hydrogen (secondary N) is 2. The lowest BCUT2D eigenvalue weighted by molar-refractivity contribution is 0.670. The number of hydrogen-bond acceptors (Lipinski definition) is 4. The molecule has 1 aromatic heterocycles. The molecule has 0 aliphatic rings. The van der Waals surface area contributed by atoms with Crippen molar-refractivity contribution in [3.63, 3.8) is 0 Å². The Hall–Kier alpha value is -1.29. The largest absolute Gasteiger partial charge is 0.356 e. The molecule has 2 rings (SSSR count). The van der Waals surface area contributed by atoms with Gasteiger partial charge in [-0.1, -0.05) is 24.3 Å². The quantitative estimate of drug-likeness (QED) is 0.250. The number of aryl methyl sites for hydroxylation is 2. The summed E-state index contributed by atoms with van der Waals surface area (Å²) in [5, 5.41) is 15.3. The molecule has 2 aromatic rings. The number of hydrogen-bond donors (Lipinski definition) is 2. The van der Waals surface area contributed by atoms with Crippen LogP contribution in [0.15, 0.2) is 29.3 Å². The second-order valence-electron chi connectivity index (χ2n) is 6.38. The summed E-state index contributed by atoms with van der Waals surface area (Å²) in [4.78, 5) is 4.73. The Balaban J connectivity index is 0.00000364. The van der Waals surface area contributed by atoms with E-state index in [9.17, 15) is 0 Å². The van der Waals surface area contributed by atoms with Crippen LogP contribution in [-0.2, 0) is 13.6 Å². The summed E-state index contributed by atoms with van der Waals surface area (Å²) < 4.78 is 1.97. The van der Waals surface area contributed by atoms with Crippen molar-refractivity contribution >= 4 is 41.7 Å². The predicted molar refractivity (Wildman–Crippen MR) is 126 cm³/mol. The number of guanidine groups is 1. The maximum atomic E-state index is 4.73. The molecule has 8 heteroatoms. The highest BCUT2D eigenvalue weighted by molar-refractivity contribution is 14.0. The fourth-order valence-corrected chi connectivity index (χ4v) is 3.10. The van der Waals surface area contributed by atoms with Crippen LogP contribution in [0.1, 0.15) is 42.2 Å². The van der Waals surface area contributed by atoms with E-state index in [0.29, 0.717) is 6.54 Å². The minimum Gasteiger partial charge on any atom is -0.356 e. The van der Waals surface area contributed by atoms with E-state index in [1.165, 1.54) is 11.1 Å². The van der Waals surface area contributed by atoms with E-state index in [4.69, 9.17) is 4.99 Å². The van der Waals surface area contributed by atoms with Crippen molar-refractivity contribution in [1.29, 1.82) is 0 Å². The number of nitrogens with zero attached hydrogens (tertiary/aromatic N) is 4. The Morgan fingerprint density at radius 3 is 2.63 bits per heavy atom. The molecular weight excluding hydrogens is 471 g/mol. The van der Waals surface area contributed by atoms with Gasteiger partial charge in [0.1, 0.15) is 12.4 Å². The zero-order chi connectivity index (χ0) is 18.9. The van der Waals surface area contributed by atoms with Gasteiger partial charge in [0, 0.05) is 13.6 Å². The Morgan fingerprint density at radius 2 is 2.00 bits per heavy atom. The molecule has 2 N–H and O–H groups in total. The van der Waals surface area contributed by atoms with Crippen molar-refractivity contribution in [3.05, 3.63) is 47.0 Å². The summed E-state index contributed by atoms with van der Waals surface area (Å²) in [6, 6.07) is 8.61. The number of benzene rings is 1. The summed E-state index contributed by atoms with van der Waals surface area (Å²) in [5.74, 6) is 3.69. The van der Waals surface area contributed by atoms with E-state index < -0.39 is 0 Å². The van der Waals surface area contributed by atoms with Crippen LogP contribution in [0, 0.1) is 13.8 Å². The molecule has 6 nitrogen and oxygen atoms in total. The summed E-state index contributed by atoms with van der Waals surface area (Å²) >= 11 is 1.86. The standard InChI is InChI=1S/C19H30N6S.HI/c1-14-9-6-7-10-17(14)15(2)22-19(20-11-8-12-26-5)21-13-18-24-23-16(3)25(18)4;/h6-7,9-10,15H,8,11-13H2,1-5H3,(H2,20,21,22);1H. The fraction of sp³-hybridized carbons (Fsp3) is 0.526. The smallest absolute Gasteiger partial charge is 0.192 e. The van der Waals surface area contributed by atoms with Gasteiger partial charge in [0.25, 0.3) is 0 Å². The first kappa shape index (κ1) is 23.7. The van der Waals surface area contributed by atoms with E-state index in [1.54, 1.807) is 0 Å². The van der Waals surface area contributed by atoms with Crippen LogP contribution in [0.4, 0.5) is 0 Å². The number of halogens is 1. The van der Waals surface area contributed by atoms with Gasteiger partial charge in [-0.2, -0.15) is 11.8 Å². The molecule has 0 saturated heterocycles. The maximum Gasteiger partial charge on any atom is 0.192 e.